The van der Waals surface area contributed by atoms with E-state index in [-0.39, 0.29) is 0 Å². The van der Waals surface area contributed by atoms with Crippen LogP contribution in [0.1, 0.15) is 41.5 Å². The highest BCUT2D eigenvalue weighted by Gasteiger charge is 2.34. The van der Waals surface area contributed by atoms with Crippen LogP contribution in [0.5, 0.6) is 0 Å². The third-order valence-corrected chi connectivity index (χ3v) is 3.61. The van der Waals surface area contributed by atoms with Crippen molar-refractivity contribution in [1.29, 1.82) is 0 Å². The summed E-state index contributed by atoms with van der Waals surface area (Å²) in [5.41, 5.74) is -1.70. The van der Waals surface area contributed by atoms with Gasteiger partial charge in [-0.1, -0.05) is 0 Å². The second-order valence-corrected chi connectivity index (χ2v) is 9.42. The lowest BCUT2D eigenvalue weighted by Gasteiger charge is -2.26. The Bertz CT molecular complexity index is 335. The minimum absolute atomic E-state index is 0.780. The summed E-state index contributed by atoms with van der Waals surface area (Å²) in [6, 6.07) is 0. The van der Waals surface area contributed by atoms with Gasteiger partial charge in [-0.05, 0) is 53.3 Å². The maximum absolute atomic E-state index is 11.4. The van der Waals surface area contributed by atoms with Gasteiger partial charge in [-0.15, -0.1) is 9.35 Å². The summed E-state index contributed by atoms with van der Waals surface area (Å²) in [6.45, 7) is 5.80. The average molecular weight is 322 g/mol. The van der Waals surface area contributed by atoms with Crippen molar-refractivity contribution >= 4 is 26.3 Å². The first-order valence-corrected chi connectivity index (χ1v) is 9.16. The zero-order valence-electron chi connectivity index (χ0n) is 11.2. The van der Waals surface area contributed by atoms with Crippen molar-refractivity contribution in [3.05, 3.63) is 0 Å². The van der Waals surface area contributed by atoms with Gasteiger partial charge in [0, 0.05) is 0 Å². The molecule has 0 aromatic carbocycles. The predicted octanol–water partition coefficient (Wildman–Crippen LogP) is 2.88. The topological polar surface area (TPSA) is 94.5 Å². The molecule has 0 radical (unpaired) electrons. The normalized spacial score (nSPS) is 20.2. The molecule has 2 unspecified atom stereocenters. The number of hydrogen-bond donors (Lipinski definition) is 2. The van der Waals surface area contributed by atoms with Gasteiger partial charge in [0.1, 0.15) is 0 Å². The van der Waals surface area contributed by atoms with Gasteiger partial charge < -0.3 is 14.3 Å². The monoisotopic (exact) mass is 322 g/mol. The molecule has 0 bridgehead atoms. The van der Waals surface area contributed by atoms with Gasteiger partial charge in [-0.3, -0.25) is 4.52 Å². The Kier molecular flexibility index (Phi) is 6.17. The maximum atomic E-state index is 11.4. The third kappa shape index (κ3) is 10.6. The molecule has 0 heterocycles. The largest absolute Gasteiger partial charge is 0.500 e. The van der Waals surface area contributed by atoms with Crippen molar-refractivity contribution in [2.75, 3.05) is 0 Å². The van der Waals surface area contributed by atoms with Crippen LogP contribution in [0.25, 0.3) is 0 Å². The molecule has 0 spiro atoms. The fourth-order valence-corrected chi connectivity index (χ4v) is 3.84. The number of hydrogen-bond acceptors (Lipinski definition) is 6. The van der Waals surface area contributed by atoms with Crippen LogP contribution in [-0.4, -0.2) is 21.0 Å². The molecule has 0 rings (SSSR count). The van der Waals surface area contributed by atoms with E-state index in [2.05, 4.69) is 21.2 Å². The quantitative estimate of drug-likeness (QED) is 0.453. The molecule has 0 amide bonds. The Morgan fingerprint density at radius 3 is 1.61 bits per heavy atom. The molecule has 7 nitrogen and oxygen atoms in total. The molecule has 2 atom stereocenters. The highest BCUT2D eigenvalue weighted by atomic mass is 32.5. The highest BCUT2D eigenvalue weighted by Crippen LogP contribution is 2.55. The van der Waals surface area contributed by atoms with Gasteiger partial charge in [0.05, 0.1) is 11.2 Å². The van der Waals surface area contributed by atoms with Gasteiger partial charge in [-0.2, -0.15) is 0 Å². The first-order valence-electron chi connectivity index (χ1n) is 5.07. The molecule has 0 fully saturated rings. The highest BCUT2D eigenvalue weighted by molar-refractivity contribution is 8.07. The van der Waals surface area contributed by atoms with Crippen LogP contribution in [0.15, 0.2) is 0 Å². The molecule has 0 saturated carbocycles. The van der Waals surface area contributed by atoms with E-state index in [0.29, 0.717) is 0 Å². The lowest BCUT2D eigenvalue weighted by molar-refractivity contribution is -0.152. The molecule has 0 aromatic rings. The summed E-state index contributed by atoms with van der Waals surface area (Å²) in [7, 11) is -4.48. The van der Waals surface area contributed by atoms with Crippen LogP contribution in [-0.2, 0) is 34.8 Å². The fraction of sp³-hybridized carbons (Fsp3) is 1.00. The molecule has 18 heavy (non-hydrogen) atoms. The molecule has 10 heteroatoms. The Hall–Kier alpha value is 0.640. The molecule has 2 N–H and O–H groups in total. The first kappa shape index (κ1) is 18.6. The second kappa shape index (κ2) is 5.95. The van der Waals surface area contributed by atoms with Gasteiger partial charge in [0.2, 0.25) is 0 Å². The average Bonchev–Trinajstić information content (AvgIpc) is 1.91. The van der Waals surface area contributed by atoms with E-state index < -0.39 is 25.7 Å². The number of rotatable bonds is 5. The Labute approximate surface area is 112 Å². The maximum Gasteiger partial charge on any atom is 0.500 e. The molecular weight excluding hydrogens is 302 g/mol. The number of phosphoric acid groups is 1. The van der Waals surface area contributed by atoms with E-state index in [4.69, 9.17) is 9.05 Å². The summed E-state index contributed by atoms with van der Waals surface area (Å²) >= 11 is 4.61. The summed E-state index contributed by atoms with van der Waals surface area (Å²) in [5, 5.41) is 0. The zero-order valence-corrected chi connectivity index (χ0v) is 13.8. The fourth-order valence-electron chi connectivity index (χ4n) is 0.807. The van der Waals surface area contributed by atoms with Crippen molar-refractivity contribution in [3.63, 3.8) is 0 Å². The summed E-state index contributed by atoms with van der Waals surface area (Å²) in [4.78, 5) is 18.9. The van der Waals surface area contributed by atoms with Crippen molar-refractivity contribution in [2.24, 2.45) is 0 Å². The first-order chi connectivity index (χ1) is 7.62. The molecule has 0 aromatic heterocycles. The van der Waals surface area contributed by atoms with Crippen molar-refractivity contribution in [2.45, 2.75) is 52.7 Å². The van der Waals surface area contributed by atoms with E-state index in [1.165, 1.54) is 0 Å². The van der Waals surface area contributed by atoms with Crippen LogP contribution >= 0.6 is 14.5 Å². The Morgan fingerprint density at radius 1 is 0.889 bits per heavy atom. The van der Waals surface area contributed by atoms with E-state index in [1.807, 2.05) is 0 Å². The van der Waals surface area contributed by atoms with Crippen LogP contribution in [0.4, 0.5) is 0 Å². The molecule has 0 saturated heterocycles. The van der Waals surface area contributed by atoms with E-state index in [1.54, 1.807) is 41.5 Å². The van der Waals surface area contributed by atoms with Crippen molar-refractivity contribution in [1.82, 2.24) is 0 Å². The van der Waals surface area contributed by atoms with E-state index in [0.717, 1.165) is 0 Å². The molecule has 0 aliphatic carbocycles. The van der Waals surface area contributed by atoms with E-state index >= 15 is 0 Å². The molecular formula is C8H20O7P2S. The molecule has 0 aliphatic heterocycles. The summed E-state index contributed by atoms with van der Waals surface area (Å²) in [6.07, 6.45) is 0. The van der Waals surface area contributed by atoms with Crippen LogP contribution in [0, 0.1) is 0 Å². The van der Waals surface area contributed by atoms with E-state index in [9.17, 15) is 14.4 Å². The molecule has 0 aliphatic rings. The van der Waals surface area contributed by atoms with Crippen molar-refractivity contribution < 1.29 is 32.7 Å². The Balaban J connectivity index is 4.49. The van der Waals surface area contributed by atoms with Gasteiger partial charge in [0.25, 0.3) is 0 Å². The lowest BCUT2D eigenvalue weighted by Crippen LogP contribution is -2.19. The van der Waals surface area contributed by atoms with Crippen LogP contribution in [0.3, 0.4) is 0 Å². The standard InChI is InChI=1S/C8H20O7P2S/c1-7(2,3)12-16(9,10)14-15-17(11,18)13-8(4,5)6/h1-6H3,(H,9,10)(H,11,18). The van der Waals surface area contributed by atoms with Crippen LogP contribution < -0.4 is 0 Å². The minimum Gasteiger partial charge on any atom is -0.323 e. The zero-order chi connectivity index (χ0) is 14.8. The predicted molar refractivity (Wildman–Crippen MR) is 70.2 cm³/mol. The second-order valence-electron chi connectivity index (χ2n) is 5.49. The minimum atomic E-state index is -4.48. The SMILES string of the molecule is CC(C)(C)OP(=O)(O)OOP(O)(=S)OC(C)(C)C. The van der Waals surface area contributed by atoms with Gasteiger partial charge >= 0.3 is 14.5 Å². The summed E-state index contributed by atoms with van der Waals surface area (Å²) in [5.74, 6) is 0. The van der Waals surface area contributed by atoms with Gasteiger partial charge in [-0.25, -0.2) is 4.57 Å². The summed E-state index contributed by atoms with van der Waals surface area (Å²) < 4.78 is 29.7. The van der Waals surface area contributed by atoms with Crippen molar-refractivity contribution in [3.8, 4) is 0 Å². The lowest BCUT2D eigenvalue weighted by atomic mass is 10.2. The molecule has 110 valence electrons. The third-order valence-electron chi connectivity index (χ3n) is 1.00. The smallest absolute Gasteiger partial charge is 0.323 e. The number of phosphoric ester groups is 1. The van der Waals surface area contributed by atoms with Gasteiger partial charge in [0.15, 0.2) is 0 Å². The van der Waals surface area contributed by atoms with Crippen LogP contribution in [0.2, 0.25) is 0 Å². The Morgan fingerprint density at radius 2 is 1.28 bits per heavy atom.